The molecular formula is C16H15F3N4. The zero-order valence-electron chi connectivity index (χ0n) is 12.3. The van der Waals surface area contributed by atoms with Gasteiger partial charge in [0.15, 0.2) is 11.6 Å². The Balaban J connectivity index is 1.65. The van der Waals surface area contributed by atoms with E-state index in [4.69, 9.17) is 0 Å². The lowest BCUT2D eigenvalue weighted by molar-refractivity contribution is -0.137. The van der Waals surface area contributed by atoms with Crippen LogP contribution in [0.2, 0.25) is 0 Å². The summed E-state index contributed by atoms with van der Waals surface area (Å²) >= 11 is 0. The highest BCUT2D eigenvalue weighted by atomic mass is 19.4. The van der Waals surface area contributed by atoms with E-state index >= 15 is 0 Å². The molecule has 0 N–H and O–H groups in total. The number of hydrogen-bond donors (Lipinski definition) is 0. The third-order valence-corrected chi connectivity index (χ3v) is 4.11. The predicted octanol–water partition coefficient (Wildman–Crippen LogP) is 3.93. The van der Waals surface area contributed by atoms with Gasteiger partial charge in [-0.25, -0.2) is 4.68 Å². The molecule has 23 heavy (non-hydrogen) atoms. The second-order valence-electron chi connectivity index (χ2n) is 6.14. The Morgan fingerprint density at radius 3 is 2.17 bits per heavy atom. The van der Waals surface area contributed by atoms with Crippen molar-refractivity contribution in [3.63, 3.8) is 0 Å². The molecule has 1 aromatic heterocycles. The van der Waals surface area contributed by atoms with E-state index < -0.39 is 11.7 Å². The molecule has 0 bridgehead atoms. The third-order valence-electron chi connectivity index (χ3n) is 4.11. The highest BCUT2D eigenvalue weighted by molar-refractivity contribution is 5.79. The molecule has 0 aliphatic heterocycles. The zero-order chi connectivity index (χ0) is 16.0. The van der Waals surface area contributed by atoms with Gasteiger partial charge in [0.05, 0.1) is 11.8 Å². The van der Waals surface area contributed by atoms with Crippen LogP contribution < -0.4 is 0 Å². The van der Waals surface area contributed by atoms with Gasteiger partial charge >= 0.3 is 6.18 Å². The van der Waals surface area contributed by atoms with E-state index in [1.54, 1.807) is 10.7 Å². The first kappa shape index (κ1) is 14.4. The van der Waals surface area contributed by atoms with Crippen LogP contribution >= 0.6 is 0 Å². The highest BCUT2D eigenvalue weighted by Gasteiger charge is 2.35. The number of alkyl halides is 3. The lowest BCUT2D eigenvalue weighted by Crippen LogP contribution is -2.05. The van der Waals surface area contributed by atoms with Crippen LogP contribution in [0.3, 0.4) is 0 Å². The zero-order valence-corrected chi connectivity index (χ0v) is 12.3. The van der Waals surface area contributed by atoms with Gasteiger partial charge < -0.3 is 0 Å². The van der Waals surface area contributed by atoms with E-state index in [1.165, 1.54) is 12.3 Å². The lowest BCUT2D eigenvalue weighted by Gasteiger charge is -2.07. The molecule has 0 saturated heterocycles. The molecular weight excluding hydrogens is 305 g/mol. The summed E-state index contributed by atoms with van der Waals surface area (Å²) in [7, 11) is 0. The third kappa shape index (κ3) is 3.00. The van der Waals surface area contributed by atoms with Crippen LogP contribution in [0.1, 0.15) is 60.3 Å². The Morgan fingerprint density at radius 2 is 1.65 bits per heavy atom. The molecule has 0 unspecified atom stereocenters. The SMILES string of the molecule is FC(F)(F)c1cccc(/C=N/n2c(C3CC3)nnc2C2CC2)c1. The maximum atomic E-state index is 12.8. The first-order chi connectivity index (χ1) is 11.0. The Bertz CT molecular complexity index is 725. The molecule has 2 saturated carbocycles. The minimum atomic E-state index is -4.35. The number of aromatic nitrogens is 3. The van der Waals surface area contributed by atoms with Gasteiger partial charge in [0.25, 0.3) is 0 Å². The van der Waals surface area contributed by atoms with E-state index in [1.807, 2.05) is 0 Å². The minimum Gasteiger partial charge on any atom is -0.201 e. The molecule has 120 valence electrons. The Morgan fingerprint density at radius 1 is 1.04 bits per heavy atom. The van der Waals surface area contributed by atoms with Crippen molar-refractivity contribution in [2.24, 2.45) is 5.10 Å². The van der Waals surface area contributed by atoms with E-state index in [-0.39, 0.29) is 0 Å². The van der Waals surface area contributed by atoms with E-state index in [2.05, 4.69) is 15.3 Å². The number of rotatable bonds is 4. The normalized spacial score (nSPS) is 18.7. The van der Waals surface area contributed by atoms with Crippen molar-refractivity contribution in [3.8, 4) is 0 Å². The van der Waals surface area contributed by atoms with E-state index in [9.17, 15) is 13.2 Å². The van der Waals surface area contributed by atoms with Crippen molar-refractivity contribution in [2.45, 2.75) is 43.7 Å². The molecule has 1 heterocycles. The lowest BCUT2D eigenvalue weighted by atomic mass is 10.1. The largest absolute Gasteiger partial charge is 0.416 e. The molecule has 2 aliphatic carbocycles. The van der Waals surface area contributed by atoms with E-state index in [0.717, 1.165) is 49.5 Å². The molecule has 4 nitrogen and oxygen atoms in total. The van der Waals surface area contributed by atoms with Crippen molar-refractivity contribution in [3.05, 3.63) is 47.0 Å². The number of benzene rings is 1. The fraction of sp³-hybridized carbons (Fsp3) is 0.438. The Hall–Kier alpha value is -2.18. The number of nitrogens with zero attached hydrogens (tertiary/aromatic N) is 4. The molecule has 0 spiro atoms. The van der Waals surface area contributed by atoms with Gasteiger partial charge in [-0.05, 0) is 43.4 Å². The van der Waals surface area contributed by atoms with Crippen LogP contribution in [0.15, 0.2) is 29.4 Å². The molecule has 0 amide bonds. The van der Waals surface area contributed by atoms with Gasteiger partial charge in [0.2, 0.25) is 0 Å². The summed E-state index contributed by atoms with van der Waals surface area (Å²) in [6.45, 7) is 0. The fourth-order valence-corrected chi connectivity index (χ4v) is 2.53. The predicted molar refractivity (Wildman–Crippen MR) is 78.4 cm³/mol. The Kier molecular flexibility index (Phi) is 3.25. The molecule has 4 rings (SSSR count). The monoisotopic (exact) mass is 320 g/mol. The second kappa shape index (κ2) is 5.18. The van der Waals surface area contributed by atoms with Gasteiger partial charge in [-0.2, -0.15) is 18.3 Å². The van der Waals surface area contributed by atoms with Crippen molar-refractivity contribution < 1.29 is 13.2 Å². The van der Waals surface area contributed by atoms with Crippen LogP contribution in [0.4, 0.5) is 13.2 Å². The van der Waals surface area contributed by atoms with Crippen LogP contribution in [0.25, 0.3) is 0 Å². The second-order valence-corrected chi connectivity index (χ2v) is 6.14. The molecule has 0 radical (unpaired) electrons. The van der Waals surface area contributed by atoms with Crippen molar-refractivity contribution in [1.29, 1.82) is 0 Å². The average Bonchev–Trinajstić information content (AvgIpc) is 3.43. The average molecular weight is 320 g/mol. The van der Waals surface area contributed by atoms with Gasteiger partial charge in [-0.1, -0.05) is 12.1 Å². The smallest absolute Gasteiger partial charge is 0.201 e. The van der Waals surface area contributed by atoms with Gasteiger partial charge in [-0.3, -0.25) is 0 Å². The summed E-state index contributed by atoms with van der Waals surface area (Å²) in [6.07, 6.45) is 1.39. The van der Waals surface area contributed by atoms with Crippen LogP contribution in [0.5, 0.6) is 0 Å². The summed E-state index contributed by atoms with van der Waals surface area (Å²) in [5.41, 5.74) is -0.257. The summed E-state index contributed by atoms with van der Waals surface area (Å²) in [6, 6.07) is 5.15. The first-order valence-electron chi connectivity index (χ1n) is 7.69. The standard InChI is InChI=1S/C16H15F3N4/c17-16(18,19)13-3-1-2-10(8-13)9-20-23-14(11-4-5-11)21-22-15(23)12-6-7-12/h1-3,8-9,11-12H,4-7H2/b20-9+. The molecule has 0 atom stereocenters. The highest BCUT2D eigenvalue weighted by Crippen LogP contribution is 2.43. The first-order valence-corrected chi connectivity index (χ1v) is 7.69. The van der Waals surface area contributed by atoms with Crippen molar-refractivity contribution >= 4 is 6.21 Å². The molecule has 2 aromatic rings. The van der Waals surface area contributed by atoms with Crippen LogP contribution in [0, 0.1) is 0 Å². The van der Waals surface area contributed by atoms with Gasteiger partial charge in [0, 0.05) is 11.8 Å². The molecule has 2 aliphatic rings. The molecule has 2 fully saturated rings. The van der Waals surface area contributed by atoms with Gasteiger partial charge in [0.1, 0.15) is 0 Å². The fourth-order valence-electron chi connectivity index (χ4n) is 2.53. The number of hydrogen-bond acceptors (Lipinski definition) is 3. The van der Waals surface area contributed by atoms with Crippen LogP contribution in [-0.2, 0) is 6.18 Å². The van der Waals surface area contributed by atoms with Crippen molar-refractivity contribution in [2.75, 3.05) is 0 Å². The maximum Gasteiger partial charge on any atom is 0.416 e. The summed E-state index contributed by atoms with van der Waals surface area (Å²) in [4.78, 5) is 0. The quantitative estimate of drug-likeness (QED) is 0.801. The minimum absolute atomic E-state index is 0.383. The topological polar surface area (TPSA) is 43.1 Å². The summed E-state index contributed by atoms with van der Waals surface area (Å²) in [5.74, 6) is 2.42. The Labute approximate surface area is 131 Å². The van der Waals surface area contributed by atoms with Crippen molar-refractivity contribution in [1.82, 2.24) is 14.9 Å². The summed E-state index contributed by atoms with van der Waals surface area (Å²) < 4.78 is 40.0. The summed E-state index contributed by atoms with van der Waals surface area (Å²) in [5, 5.41) is 12.8. The molecule has 7 heteroatoms. The molecule has 1 aromatic carbocycles. The van der Waals surface area contributed by atoms with Gasteiger partial charge in [-0.15, -0.1) is 10.2 Å². The number of halogens is 3. The van der Waals surface area contributed by atoms with E-state index in [0.29, 0.717) is 17.4 Å². The maximum absolute atomic E-state index is 12.8. The van der Waals surface area contributed by atoms with Crippen LogP contribution in [-0.4, -0.2) is 21.1 Å².